The highest BCUT2D eigenvalue weighted by Gasteiger charge is 2.23. The number of carbonyl (C=O) groups is 1. The first kappa shape index (κ1) is 17.7. The van der Waals surface area contributed by atoms with Crippen LogP contribution in [0.5, 0.6) is 0 Å². The van der Waals surface area contributed by atoms with Crippen molar-refractivity contribution in [2.45, 2.75) is 0 Å². The van der Waals surface area contributed by atoms with E-state index in [0.29, 0.717) is 45.0 Å². The van der Waals surface area contributed by atoms with Crippen LogP contribution in [0.4, 0.5) is 10.1 Å². The van der Waals surface area contributed by atoms with E-state index in [9.17, 15) is 9.18 Å². The third-order valence-electron chi connectivity index (χ3n) is 4.02. The molecule has 1 aliphatic heterocycles. The van der Waals surface area contributed by atoms with E-state index >= 15 is 0 Å². The minimum Gasteiger partial charge on any atom is -0.395 e. The maximum Gasteiger partial charge on any atom is 0.236 e. The van der Waals surface area contributed by atoms with Gasteiger partial charge in [0.25, 0.3) is 0 Å². The van der Waals surface area contributed by atoms with Crippen LogP contribution in [0.3, 0.4) is 0 Å². The number of halogens is 1. The molecule has 1 amide bonds. The number of para-hydroxylation sites is 1. The number of hydrogen-bond donors (Lipinski definition) is 2. The van der Waals surface area contributed by atoms with Crippen LogP contribution in [0.1, 0.15) is 0 Å². The summed E-state index contributed by atoms with van der Waals surface area (Å²) in [6.45, 7) is 3.07. The van der Waals surface area contributed by atoms with E-state index in [0.717, 1.165) is 0 Å². The second-order valence-corrected chi connectivity index (χ2v) is 5.54. The van der Waals surface area contributed by atoms with Crippen LogP contribution in [-0.4, -0.2) is 84.9 Å². The van der Waals surface area contributed by atoms with Crippen molar-refractivity contribution in [3.8, 4) is 0 Å². The van der Waals surface area contributed by atoms with Gasteiger partial charge in [0.15, 0.2) is 0 Å². The number of piperazine rings is 1. The van der Waals surface area contributed by atoms with Gasteiger partial charge in [-0.3, -0.25) is 9.69 Å². The Morgan fingerprint density at radius 1 is 1.09 bits per heavy atom. The predicted molar refractivity (Wildman–Crippen MR) is 85.8 cm³/mol. The molecule has 23 heavy (non-hydrogen) atoms. The summed E-state index contributed by atoms with van der Waals surface area (Å²) in [5, 5.41) is 18.0. The monoisotopic (exact) mass is 325 g/mol. The lowest BCUT2D eigenvalue weighted by atomic mass is 10.2. The van der Waals surface area contributed by atoms with Gasteiger partial charge in [0.1, 0.15) is 5.82 Å². The molecule has 128 valence electrons. The number of carbonyl (C=O) groups excluding carboxylic acids is 1. The van der Waals surface area contributed by atoms with Gasteiger partial charge in [-0.1, -0.05) is 12.1 Å². The Kier molecular flexibility index (Phi) is 6.76. The molecule has 6 nitrogen and oxygen atoms in total. The second kappa shape index (κ2) is 8.81. The molecule has 0 unspecified atom stereocenters. The Balaban J connectivity index is 1.86. The summed E-state index contributed by atoms with van der Waals surface area (Å²) in [5.74, 6) is -0.274. The number of nitrogens with zero attached hydrogens (tertiary/aromatic N) is 3. The zero-order chi connectivity index (χ0) is 16.7. The molecular weight excluding hydrogens is 301 g/mol. The van der Waals surface area contributed by atoms with Crippen molar-refractivity contribution >= 4 is 11.6 Å². The Morgan fingerprint density at radius 2 is 1.70 bits per heavy atom. The van der Waals surface area contributed by atoms with Crippen molar-refractivity contribution in [3.05, 3.63) is 30.1 Å². The molecule has 1 aromatic rings. The zero-order valence-electron chi connectivity index (χ0n) is 13.2. The van der Waals surface area contributed by atoms with Crippen LogP contribution in [-0.2, 0) is 4.79 Å². The lowest BCUT2D eigenvalue weighted by Gasteiger charge is -2.37. The van der Waals surface area contributed by atoms with Crippen molar-refractivity contribution in [1.82, 2.24) is 9.80 Å². The zero-order valence-corrected chi connectivity index (χ0v) is 13.2. The Bertz CT molecular complexity index is 501. The van der Waals surface area contributed by atoms with E-state index in [1.165, 1.54) is 6.07 Å². The molecular formula is C16H24FN3O3. The molecule has 1 aromatic carbocycles. The topological polar surface area (TPSA) is 67.2 Å². The summed E-state index contributed by atoms with van der Waals surface area (Å²) >= 11 is 0. The predicted octanol–water partition coefficient (Wildman–Crippen LogP) is -0.239. The van der Waals surface area contributed by atoms with E-state index in [1.54, 1.807) is 28.0 Å². The summed E-state index contributed by atoms with van der Waals surface area (Å²) in [6.07, 6.45) is 0. The third kappa shape index (κ3) is 4.89. The molecule has 0 bridgehead atoms. The summed E-state index contributed by atoms with van der Waals surface area (Å²) in [6, 6.07) is 6.65. The molecule has 0 aliphatic carbocycles. The van der Waals surface area contributed by atoms with Crippen molar-refractivity contribution < 1.29 is 19.4 Å². The standard InChI is InChI=1S/C16H24FN3O3/c17-14-3-1-2-4-15(14)19-5-7-20(8-6-19)16(23)13-18(9-11-21)10-12-22/h1-4,21-22H,5-13H2. The SMILES string of the molecule is O=C(CN(CCO)CCO)N1CCN(c2ccccc2F)CC1. The molecule has 1 aliphatic rings. The van der Waals surface area contributed by atoms with Crippen molar-refractivity contribution in [3.63, 3.8) is 0 Å². The highest BCUT2D eigenvalue weighted by Crippen LogP contribution is 2.20. The molecule has 0 spiro atoms. The molecule has 7 heteroatoms. The van der Waals surface area contributed by atoms with Crippen LogP contribution in [0.2, 0.25) is 0 Å². The number of benzene rings is 1. The largest absolute Gasteiger partial charge is 0.395 e. The summed E-state index contributed by atoms with van der Waals surface area (Å²) in [4.78, 5) is 17.7. The van der Waals surface area contributed by atoms with Crippen LogP contribution < -0.4 is 4.90 Å². The highest BCUT2D eigenvalue weighted by atomic mass is 19.1. The van der Waals surface area contributed by atoms with Gasteiger partial charge in [0.05, 0.1) is 25.4 Å². The fourth-order valence-corrected chi connectivity index (χ4v) is 2.75. The van der Waals surface area contributed by atoms with Crippen LogP contribution in [0, 0.1) is 5.82 Å². The Labute approximate surface area is 135 Å². The minimum atomic E-state index is -0.246. The molecule has 1 fully saturated rings. The molecule has 2 rings (SSSR count). The van der Waals surface area contributed by atoms with Crippen LogP contribution >= 0.6 is 0 Å². The lowest BCUT2D eigenvalue weighted by molar-refractivity contribution is -0.132. The summed E-state index contributed by atoms with van der Waals surface area (Å²) in [7, 11) is 0. The van der Waals surface area contributed by atoms with Gasteiger partial charge < -0.3 is 20.0 Å². The average Bonchev–Trinajstić information content (AvgIpc) is 2.56. The van der Waals surface area contributed by atoms with Crippen molar-refractivity contribution in [1.29, 1.82) is 0 Å². The van der Waals surface area contributed by atoms with E-state index in [4.69, 9.17) is 10.2 Å². The Hall–Kier alpha value is -1.70. The van der Waals surface area contributed by atoms with Crippen molar-refractivity contribution in [2.24, 2.45) is 0 Å². The number of hydrogen-bond acceptors (Lipinski definition) is 5. The first-order valence-corrected chi connectivity index (χ1v) is 7.87. The van der Waals surface area contributed by atoms with Gasteiger partial charge in [-0.15, -0.1) is 0 Å². The number of rotatable bonds is 7. The van der Waals surface area contributed by atoms with Crippen molar-refractivity contribution in [2.75, 3.05) is 63.9 Å². The molecule has 1 saturated heterocycles. The van der Waals surface area contributed by atoms with Crippen LogP contribution in [0.25, 0.3) is 0 Å². The molecule has 0 aromatic heterocycles. The van der Waals surface area contributed by atoms with Gasteiger partial charge in [0, 0.05) is 39.3 Å². The summed E-state index contributed by atoms with van der Waals surface area (Å²) < 4.78 is 13.8. The van der Waals surface area contributed by atoms with Gasteiger partial charge in [0.2, 0.25) is 5.91 Å². The third-order valence-corrected chi connectivity index (χ3v) is 4.02. The van der Waals surface area contributed by atoms with Gasteiger partial charge >= 0.3 is 0 Å². The quantitative estimate of drug-likeness (QED) is 0.724. The van der Waals surface area contributed by atoms with E-state index in [1.807, 2.05) is 4.90 Å². The normalized spacial score (nSPS) is 15.3. The first-order valence-electron chi connectivity index (χ1n) is 7.87. The van der Waals surface area contributed by atoms with Gasteiger partial charge in [-0.2, -0.15) is 0 Å². The van der Waals surface area contributed by atoms with E-state index < -0.39 is 0 Å². The fraction of sp³-hybridized carbons (Fsp3) is 0.562. The molecule has 0 radical (unpaired) electrons. The Morgan fingerprint density at radius 3 is 2.26 bits per heavy atom. The van der Waals surface area contributed by atoms with E-state index in [2.05, 4.69) is 0 Å². The summed E-state index contributed by atoms with van der Waals surface area (Å²) in [5.41, 5.74) is 0.571. The number of aliphatic hydroxyl groups is 2. The highest BCUT2D eigenvalue weighted by molar-refractivity contribution is 5.78. The van der Waals surface area contributed by atoms with Gasteiger partial charge in [-0.05, 0) is 12.1 Å². The number of aliphatic hydroxyl groups excluding tert-OH is 2. The molecule has 0 saturated carbocycles. The smallest absolute Gasteiger partial charge is 0.236 e. The number of amides is 1. The first-order chi connectivity index (χ1) is 11.2. The molecule has 2 N–H and O–H groups in total. The fourth-order valence-electron chi connectivity index (χ4n) is 2.75. The maximum atomic E-state index is 13.8. The number of anilines is 1. The van der Waals surface area contributed by atoms with Gasteiger partial charge in [-0.25, -0.2) is 4.39 Å². The average molecular weight is 325 g/mol. The van der Waals surface area contributed by atoms with E-state index in [-0.39, 0.29) is 31.5 Å². The molecule has 1 heterocycles. The minimum absolute atomic E-state index is 0.0277. The molecule has 0 atom stereocenters. The van der Waals surface area contributed by atoms with Crippen LogP contribution in [0.15, 0.2) is 24.3 Å². The second-order valence-electron chi connectivity index (χ2n) is 5.54. The maximum absolute atomic E-state index is 13.8. The lowest BCUT2D eigenvalue weighted by Crippen LogP contribution is -2.51.